The molecule has 0 aliphatic heterocycles. The molecular weight excluding hydrogens is 787 g/mol. The summed E-state index contributed by atoms with van der Waals surface area (Å²) in [5.74, 6) is -1.81. The van der Waals surface area contributed by atoms with Gasteiger partial charge in [0.05, 0.1) is 40.3 Å². The van der Waals surface area contributed by atoms with Crippen molar-refractivity contribution >= 4 is 17.9 Å². The number of allylic oxidation sites excluding steroid dienone is 16. The number of carbonyl (C=O) groups excluding carboxylic acids is 3. The van der Waals surface area contributed by atoms with E-state index in [-0.39, 0.29) is 49.1 Å². The molecular formula is C55H91NO7. The molecule has 0 amide bonds. The summed E-state index contributed by atoms with van der Waals surface area (Å²) in [5.41, 5.74) is 0. The van der Waals surface area contributed by atoms with Crippen molar-refractivity contribution in [2.45, 2.75) is 193 Å². The molecule has 0 N–H and O–H groups in total. The normalized spacial score (nSPS) is 13.7. The van der Waals surface area contributed by atoms with E-state index in [4.69, 9.17) is 14.2 Å². The predicted octanol–water partition coefficient (Wildman–Crippen LogP) is 12.9. The number of carbonyl (C=O) groups is 3. The highest BCUT2D eigenvalue weighted by atomic mass is 16.6. The minimum Gasteiger partial charge on any atom is -0.544 e. The van der Waals surface area contributed by atoms with E-state index in [0.717, 1.165) is 64.2 Å². The third-order valence-electron chi connectivity index (χ3n) is 10.6. The largest absolute Gasteiger partial charge is 0.544 e. The van der Waals surface area contributed by atoms with Gasteiger partial charge in [-0.1, -0.05) is 195 Å². The number of aliphatic carboxylic acids is 1. The number of esters is 2. The molecule has 0 heterocycles. The van der Waals surface area contributed by atoms with E-state index in [0.29, 0.717) is 12.8 Å². The van der Waals surface area contributed by atoms with Crippen molar-refractivity contribution < 1.29 is 38.2 Å². The Morgan fingerprint density at radius 3 is 1.46 bits per heavy atom. The fraction of sp³-hybridized carbons (Fsp3) is 0.655. The number of hydrogen-bond acceptors (Lipinski definition) is 7. The summed E-state index contributed by atoms with van der Waals surface area (Å²) in [5, 5.41) is 11.7. The number of carboxylic acids is 1. The third kappa shape index (κ3) is 43.3. The molecule has 0 aromatic heterocycles. The number of unbranched alkanes of at least 4 members (excludes halogenated alkanes) is 18. The Kier molecular flexibility index (Phi) is 42.2. The highest BCUT2D eigenvalue weighted by molar-refractivity contribution is 5.70. The summed E-state index contributed by atoms with van der Waals surface area (Å²) >= 11 is 0. The maximum atomic E-state index is 12.8. The van der Waals surface area contributed by atoms with Crippen molar-refractivity contribution in [2.75, 3.05) is 41.0 Å². The Bertz CT molecular complexity index is 1350. The van der Waals surface area contributed by atoms with Crippen LogP contribution >= 0.6 is 0 Å². The van der Waals surface area contributed by atoms with Gasteiger partial charge in [-0.3, -0.25) is 9.59 Å². The van der Waals surface area contributed by atoms with Crippen molar-refractivity contribution in [3.8, 4) is 0 Å². The molecule has 0 fully saturated rings. The zero-order valence-corrected chi connectivity index (χ0v) is 40.7. The Labute approximate surface area is 386 Å². The van der Waals surface area contributed by atoms with E-state index in [2.05, 4.69) is 50.3 Å². The quantitative estimate of drug-likeness (QED) is 0.0198. The minimum atomic E-state index is -1.14. The Morgan fingerprint density at radius 1 is 0.508 bits per heavy atom. The molecule has 8 heteroatoms. The van der Waals surface area contributed by atoms with Crippen LogP contribution in [-0.4, -0.2) is 75.5 Å². The van der Waals surface area contributed by atoms with E-state index >= 15 is 0 Å². The van der Waals surface area contributed by atoms with Crippen molar-refractivity contribution in [3.05, 3.63) is 97.2 Å². The molecule has 2 unspecified atom stereocenters. The van der Waals surface area contributed by atoms with Gasteiger partial charge in [0.1, 0.15) is 12.6 Å². The number of nitrogens with zero attached hydrogens (tertiary/aromatic N) is 1. The molecule has 8 nitrogen and oxygen atoms in total. The topological polar surface area (TPSA) is 102 Å². The smallest absolute Gasteiger partial charge is 0.306 e. The second-order valence-electron chi connectivity index (χ2n) is 17.5. The Balaban J connectivity index is 4.37. The molecule has 2 atom stereocenters. The van der Waals surface area contributed by atoms with Crippen LogP contribution in [0.2, 0.25) is 0 Å². The van der Waals surface area contributed by atoms with Gasteiger partial charge in [-0.15, -0.1) is 0 Å². The fourth-order valence-electron chi connectivity index (χ4n) is 6.78. The molecule has 0 aromatic carbocycles. The molecule has 63 heavy (non-hydrogen) atoms. The Hall–Kier alpha value is -3.75. The van der Waals surface area contributed by atoms with Gasteiger partial charge in [0, 0.05) is 19.3 Å². The van der Waals surface area contributed by atoms with Crippen LogP contribution < -0.4 is 5.11 Å². The predicted molar refractivity (Wildman–Crippen MR) is 263 cm³/mol. The van der Waals surface area contributed by atoms with Gasteiger partial charge in [0.2, 0.25) is 0 Å². The zero-order valence-electron chi connectivity index (χ0n) is 40.7. The SMILES string of the molecule is CC/C=C/C=C/C=C/C=C/C=C/C=C/CCCCCC(=O)OCC(COCCC(C(=O)[O-])[N+](C)(C)C)OC(=O)CCCCCCCCC/C=C/C/C=C/CCCCCCCCCC. The number of rotatable bonds is 43. The van der Waals surface area contributed by atoms with E-state index in [1.807, 2.05) is 60.8 Å². The number of likely N-dealkylation sites (N-methyl/N-ethyl adjacent to an activating group) is 1. The van der Waals surface area contributed by atoms with E-state index < -0.39 is 18.1 Å². The van der Waals surface area contributed by atoms with Crippen LogP contribution in [0.4, 0.5) is 0 Å². The summed E-state index contributed by atoms with van der Waals surface area (Å²) in [6.07, 6.45) is 60.1. The molecule has 0 bridgehead atoms. The van der Waals surface area contributed by atoms with Gasteiger partial charge >= 0.3 is 11.9 Å². The van der Waals surface area contributed by atoms with Gasteiger partial charge in [0.25, 0.3) is 0 Å². The first kappa shape index (κ1) is 59.2. The molecule has 0 aliphatic rings. The summed E-state index contributed by atoms with van der Waals surface area (Å²) in [4.78, 5) is 37.0. The van der Waals surface area contributed by atoms with Gasteiger partial charge in [-0.2, -0.15) is 0 Å². The fourth-order valence-corrected chi connectivity index (χ4v) is 6.78. The van der Waals surface area contributed by atoms with Crippen LogP contribution in [0, 0.1) is 0 Å². The van der Waals surface area contributed by atoms with E-state index in [1.165, 1.54) is 77.0 Å². The maximum absolute atomic E-state index is 12.8. The van der Waals surface area contributed by atoms with Gasteiger partial charge in [-0.05, 0) is 64.2 Å². The molecule has 358 valence electrons. The average molecular weight is 878 g/mol. The third-order valence-corrected chi connectivity index (χ3v) is 10.6. The summed E-state index contributed by atoms with van der Waals surface area (Å²) in [6.45, 7) is 4.45. The van der Waals surface area contributed by atoms with Crippen LogP contribution in [0.3, 0.4) is 0 Å². The number of ether oxygens (including phenoxy) is 3. The monoisotopic (exact) mass is 878 g/mol. The molecule has 0 rings (SSSR count). The average Bonchev–Trinajstić information content (AvgIpc) is 3.24. The lowest BCUT2D eigenvalue weighted by atomic mass is 10.1. The van der Waals surface area contributed by atoms with E-state index in [9.17, 15) is 19.5 Å². The van der Waals surface area contributed by atoms with Crippen LogP contribution in [-0.2, 0) is 28.6 Å². The molecule has 0 aliphatic carbocycles. The standard InChI is InChI=1S/C55H91NO7/c1-6-8-10-12-14-16-18-20-22-24-25-26-27-28-30-32-34-36-38-40-42-44-46-54(58)63-51(49-61-48-47-52(55(59)60)56(3,4)5)50-62-53(57)45-43-41-39-37-35-33-31-29-23-21-19-17-15-13-11-9-7-2/h9,11,13,15,17,19,21,23-25,27-29,31,33,35,51-52H,6-8,10,12,14,16,18,20,22,26,30,32,34,36-50H2,1-5H3/b11-9+,15-13+,19-17+,23-21+,25-24+,28-27+,31-29+,35-33+. The van der Waals surface area contributed by atoms with Gasteiger partial charge < -0.3 is 28.6 Å². The first-order valence-corrected chi connectivity index (χ1v) is 24.8. The van der Waals surface area contributed by atoms with Gasteiger partial charge in [-0.25, -0.2) is 0 Å². The molecule has 0 saturated carbocycles. The van der Waals surface area contributed by atoms with Crippen molar-refractivity contribution in [1.29, 1.82) is 0 Å². The molecule has 0 saturated heterocycles. The molecule has 0 aromatic rings. The summed E-state index contributed by atoms with van der Waals surface area (Å²) < 4.78 is 17.2. The highest BCUT2D eigenvalue weighted by Gasteiger charge is 2.25. The second kappa shape index (κ2) is 44.8. The summed E-state index contributed by atoms with van der Waals surface area (Å²) in [7, 11) is 5.39. The van der Waals surface area contributed by atoms with Gasteiger partial charge in [0.15, 0.2) is 6.10 Å². The first-order valence-electron chi connectivity index (χ1n) is 24.8. The first-order chi connectivity index (χ1) is 30.6. The second-order valence-corrected chi connectivity index (χ2v) is 17.5. The lowest BCUT2D eigenvalue weighted by Gasteiger charge is -2.34. The lowest BCUT2D eigenvalue weighted by molar-refractivity contribution is -0.889. The lowest BCUT2D eigenvalue weighted by Crippen LogP contribution is -2.55. The Morgan fingerprint density at radius 2 is 0.952 bits per heavy atom. The van der Waals surface area contributed by atoms with Crippen molar-refractivity contribution in [2.24, 2.45) is 0 Å². The number of hydrogen-bond donors (Lipinski definition) is 0. The maximum Gasteiger partial charge on any atom is 0.306 e. The van der Waals surface area contributed by atoms with Crippen LogP contribution in [0.25, 0.3) is 0 Å². The van der Waals surface area contributed by atoms with Crippen LogP contribution in [0.5, 0.6) is 0 Å². The number of quaternary nitrogens is 1. The summed E-state index contributed by atoms with van der Waals surface area (Å²) in [6, 6.07) is -0.741. The highest BCUT2D eigenvalue weighted by Crippen LogP contribution is 2.14. The molecule has 0 radical (unpaired) electrons. The van der Waals surface area contributed by atoms with Crippen LogP contribution in [0.1, 0.15) is 181 Å². The van der Waals surface area contributed by atoms with Crippen molar-refractivity contribution in [1.82, 2.24) is 0 Å². The molecule has 0 spiro atoms. The van der Waals surface area contributed by atoms with E-state index in [1.54, 1.807) is 21.1 Å². The van der Waals surface area contributed by atoms with Crippen molar-refractivity contribution in [3.63, 3.8) is 0 Å². The van der Waals surface area contributed by atoms with Crippen LogP contribution in [0.15, 0.2) is 97.2 Å². The zero-order chi connectivity index (χ0) is 46.3. The number of carboxylic acid groups (broad SMARTS) is 1. The minimum absolute atomic E-state index is 0.0166.